The number of carbonyl (C=O) groups excluding carboxylic acids is 3. The van der Waals surface area contributed by atoms with Crippen LogP contribution in [0.1, 0.15) is 24.0 Å². The topological polar surface area (TPSA) is 143 Å². The third-order valence-electron chi connectivity index (χ3n) is 6.54. The van der Waals surface area contributed by atoms with Crippen LogP contribution in [0, 0.1) is 5.92 Å². The van der Waals surface area contributed by atoms with Gasteiger partial charge in [0, 0.05) is 19.6 Å². The van der Waals surface area contributed by atoms with Crippen LogP contribution in [0.2, 0.25) is 0 Å². The number of hydrogen-bond donors (Lipinski definition) is 4. The minimum absolute atomic E-state index is 0.0572. The van der Waals surface area contributed by atoms with Gasteiger partial charge in [0.1, 0.15) is 24.6 Å². The van der Waals surface area contributed by atoms with E-state index in [1.54, 1.807) is 6.92 Å². The zero-order chi connectivity index (χ0) is 25.1. The fourth-order valence-corrected chi connectivity index (χ4v) is 4.56. The first-order valence-corrected chi connectivity index (χ1v) is 11.3. The molecule has 3 amide bonds. The Bertz CT molecular complexity index is 1110. The van der Waals surface area contributed by atoms with E-state index in [0.29, 0.717) is 0 Å². The van der Waals surface area contributed by atoms with Gasteiger partial charge in [-0.15, -0.1) is 0 Å². The Hall–Kier alpha value is -3.92. The Morgan fingerprint density at radius 1 is 1.09 bits per heavy atom. The van der Waals surface area contributed by atoms with E-state index in [-0.39, 0.29) is 19.1 Å². The molecule has 0 bridgehead atoms. The number of ether oxygens (including phenoxy) is 2. The number of rotatable bonds is 8. The van der Waals surface area contributed by atoms with E-state index in [1.165, 1.54) is 7.11 Å². The molecule has 10 nitrogen and oxygen atoms in total. The van der Waals surface area contributed by atoms with E-state index in [4.69, 9.17) is 9.47 Å². The number of amides is 3. The monoisotopic (exact) mass is 481 g/mol. The SMILES string of the molecule is COC(C)C(NC(=O)OCC1c2ccccc2-c2ccccc21)C(=O)NC1C(=O)NCC1C(=O)O. The van der Waals surface area contributed by atoms with Crippen LogP contribution in [0.15, 0.2) is 48.5 Å². The highest BCUT2D eigenvalue weighted by Gasteiger charge is 2.42. The van der Waals surface area contributed by atoms with Gasteiger partial charge in [-0.1, -0.05) is 48.5 Å². The molecule has 1 saturated heterocycles. The van der Waals surface area contributed by atoms with Crippen molar-refractivity contribution in [3.63, 3.8) is 0 Å². The summed E-state index contributed by atoms with van der Waals surface area (Å²) in [4.78, 5) is 49.0. The number of carboxylic acids is 1. The fraction of sp³-hybridized carbons (Fsp3) is 0.360. The van der Waals surface area contributed by atoms with Crippen molar-refractivity contribution in [2.24, 2.45) is 5.92 Å². The normalized spacial score (nSPS) is 20.2. The van der Waals surface area contributed by atoms with E-state index in [9.17, 15) is 24.3 Å². The summed E-state index contributed by atoms with van der Waals surface area (Å²) < 4.78 is 10.7. The second kappa shape index (κ2) is 10.1. The third-order valence-corrected chi connectivity index (χ3v) is 6.54. The molecule has 4 rings (SSSR count). The number of methoxy groups -OCH3 is 1. The molecule has 0 saturated carbocycles. The van der Waals surface area contributed by atoms with Crippen LogP contribution in [-0.2, 0) is 23.9 Å². The second-order valence-electron chi connectivity index (χ2n) is 8.56. The van der Waals surface area contributed by atoms with Gasteiger partial charge < -0.3 is 30.5 Å². The maximum absolute atomic E-state index is 12.9. The molecule has 0 aromatic heterocycles. The van der Waals surface area contributed by atoms with Gasteiger partial charge in [-0.2, -0.15) is 0 Å². The van der Waals surface area contributed by atoms with Gasteiger partial charge in [0.2, 0.25) is 11.8 Å². The van der Waals surface area contributed by atoms with Crippen molar-refractivity contribution >= 4 is 23.9 Å². The van der Waals surface area contributed by atoms with Gasteiger partial charge in [0.05, 0.1) is 6.10 Å². The zero-order valence-electron chi connectivity index (χ0n) is 19.3. The predicted molar refractivity (Wildman–Crippen MR) is 125 cm³/mol. The van der Waals surface area contributed by atoms with Crippen molar-refractivity contribution in [1.82, 2.24) is 16.0 Å². The summed E-state index contributed by atoms with van der Waals surface area (Å²) in [7, 11) is 1.37. The first kappa shape index (κ1) is 24.2. The van der Waals surface area contributed by atoms with Gasteiger partial charge >= 0.3 is 12.1 Å². The average molecular weight is 482 g/mol. The maximum atomic E-state index is 12.9. The third kappa shape index (κ3) is 4.83. The Labute approximate surface area is 202 Å². The lowest BCUT2D eigenvalue weighted by Crippen LogP contribution is -2.57. The Kier molecular flexibility index (Phi) is 7.02. The summed E-state index contributed by atoms with van der Waals surface area (Å²) in [5.41, 5.74) is 4.27. The minimum atomic E-state index is -1.25. The van der Waals surface area contributed by atoms with Crippen molar-refractivity contribution in [3.05, 3.63) is 59.7 Å². The summed E-state index contributed by atoms with van der Waals surface area (Å²) in [6.07, 6.45) is -1.61. The lowest BCUT2D eigenvalue weighted by atomic mass is 9.98. The Morgan fingerprint density at radius 3 is 2.26 bits per heavy atom. The van der Waals surface area contributed by atoms with Gasteiger partial charge in [-0.25, -0.2) is 4.79 Å². The van der Waals surface area contributed by atoms with Crippen LogP contribution in [0.25, 0.3) is 11.1 Å². The molecule has 1 fully saturated rings. The van der Waals surface area contributed by atoms with Crippen LogP contribution in [-0.4, -0.2) is 67.4 Å². The molecule has 4 N–H and O–H groups in total. The van der Waals surface area contributed by atoms with Crippen LogP contribution in [0.3, 0.4) is 0 Å². The zero-order valence-corrected chi connectivity index (χ0v) is 19.3. The molecule has 4 atom stereocenters. The van der Waals surface area contributed by atoms with E-state index in [2.05, 4.69) is 16.0 Å². The van der Waals surface area contributed by atoms with Gasteiger partial charge in [-0.3, -0.25) is 14.4 Å². The quantitative estimate of drug-likeness (QED) is 0.444. The highest BCUT2D eigenvalue weighted by Crippen LogP contribution is 2.44. The number of carboxylic acid groups (broad SMARTS) is 1. The minimum Gasteiger partial charge on any atom is -0.481 e. The lowest BCUT2D eigenvalue weighted by molar-refractivity contribution is -0.143. The summed E-state index contributed by atoms with van der Waals surface area (Å²) in [5.74, 6) is -3.83. The molecule has 184 valence electrons. The van der Waals surface area contributed by atoms with E-state index in [1.807, 2.05) is 48.5 Å². The van der Waals surface area contributed by atoms with Crippen molar-refractivity contribution < 1.29 is 33.8 Å². The van der Waals surface area contributed by atoms with Crippen molar-refractivity contribution in [2.75, 3.05) is 20.3 Å². The molecule has 0 spiro atoms. The molecule has 10 heteroatoms. The number of nitrogens with one attached hydrogen (secondary N) is 3. The average Bonchev–Trinajstić information content (AvgIpc) is 3.38. The number of aliphatic carboxylic acids is 1. The first-order chi connectivity index (χ1) is 16.8. The highest BCUT2D eigenvalue weighted by molar-refractivity contribution is 5.96. The summed E-state index contributed by atoms with van der Waals surface area (Å²) in [5, 5.41) is 16.6. The van der Waals surface area contributed by atoms with Crippen LogP contribution in [0.5, 0.6) is 0 Å². The Morgan fingerprint density at radius 2 is 1.69 bits per heavy atom. The second-order valence-corrected chi connectivity index (χ2v) is 8.56. The predicted octanol–water partition coefficient (Wildman–Crippen LogP) is 1.24. The summed E-state index contributed by atoms with van der Waals surface area (Å²) >= 11 is 0. The summed E-state index contributed by atoms with van der Waals surface area (Å²) in [6, 6.07) is 13.4. The summed E-state index contributed by atoms with van der Waals surface area (Å²) in [6.45, 7) is 1.53. The van der Waals surface area contributed by atoms with Gasteiger partial charge in [-0.05, 0) is 29.2 Å². The standard InChI is InChI=1S/C25H27N3O7/c1-13(34-2)20(23(30)27-21-18(24(31)32)11-26-22(21)29)28-25(33)35-12-19-16-9-5-3-7-14(16)15-8-4-6-10-17(15)19/h3-10,13,18-21H,11-12H2,1-2H3,(H,26,29)(H,27,30)(H,28,33)(H,31,32). The molecule has 4 unspecified atom stereocenters. The van der Waals surface area contributed by atoms with Crippen LogP contribution >= 0.6 is 0 Å². The number of carbonyl (C=O) groups is 4. The molecule has 2 aliphatic rings. The number of benzene rings is 2. The number of alkyl carbamates (subject to hydrolysis) is 1. The van der Waals surface area contributed by atoms with E-state index in [0.717, 1.165) is 22.3 Å². The van der Waals surface area contributed by atoms with Crippen molar-refractivity contribution in [3.8, 4) is 11.1 Å². The molecule has 2 aromatic rings. The molecule has 35 heavy (non-hydrogen) atoms. The van der Waals surface area contributed by atoms with Gasteiger partial charge in [0.25, 0.3) is 0 Å². The highest BCUT2D eigenvalue weighted by atomic mass is 16.5. The van der Waals surface area contributed by atoms with Crippen LogP contribution < -0.4 is 16.0 Å². The fourth-order valence-electron chi connectivity index (χ4n) is 4.56. The number of hydrogen-bond acceptors (Lipinski definition) is 6. The largest absolute Gasteiger partial charge is 0.481 e. The van der Waals surface area contributed by atoms with Crippen molar-refractivity contribution in [1.29, 1.82) is 0 Å². The smallest absolute Gasteiger partial charge is 0.407 e. The van der Waals surface area contributed by atoms with Gasteiger partial charge in [0.15, 0.2) is 0 Å². The molecule has 1 aliphatic heterocycles. The van der Waals surface area contributed by atoms with Crippen molar-refractivity contribution in [2.45, 2.75) is 31.0 Å². The molecule has 0 radical (unpaired) electrons. The molecule has 1 heterocycles. The molecule has 2 aromatic carbocycles. The first-order valence-electron chi connectivity index (χ1n) is 11.3. The Balaban J connectivity index is 1.43. The van der Waals surface area contributed by atoms with E-state index >= 15 is 0 Å². The lowest BCUT2D eigenvalue weighted by Gasteiger charge is -2.25. The molecular formula is C25H27N3O7. The van der Waals surface area contributed by atoms with Crippen LogP contribution in [0.4, 0.5) is 4.79 Å². The van der Waals surface area contributed by atoms with E-state index < -0.39 is 48.0 Å². The maximum Gasteiger partial charge on any atom is 0.407 e. The molecular weight excluding hydrogens is 454 g/mol. The molecule has 1 aliphatic carbocycles. The number of fused-ring (bicyclic) bond motifs is 3.